The molecule has 0 radical (unpaired) electrons. The number of hydrogen-bond donors (Lipinski definition) is 1. The predicted molar refractivity (Wildman–Crippen MR) is 90.9 cm³/mol. The van der Waals surface area contributed by atoms with E-state index in [0.29, 0.717) is 10.6 Å². The lowest BCUT2D eigenvalue weighted by Crippen LogP contribution is -3.15. The van der Waals surface area contributed by atoms with Crippen LogP contribution in [0.1, 0.15) is 16.1 Å². The smallest absolute Gasteiger partial charge is 0.254 e. The molecule has 0 atom stereocenters. The zero-order valence-corrected chi connectivity index (χ0v) is 13.8. The summed E-state index contributed by atoms with van der Waals surface area (Å²) in [5, 5.41) is 0.658. The molecule has 0 bridgehead atoms. The largest absolute Gasteiger partial charge is 0.332 e. The Balaban J connectivity index is 1.48. The number of halogens is 1. The monoisotopic (exact) mass is 330 g/mol. The second kappa shape index (κ2) is 7.57. The van der Waals surface area contributed by atoms with Gasteiger partial charge in [0.1, 0.15) is 0 Å². The van der Waals surface area contributed by atoms with Crippen molar-refractivity contribution in [2.24, 2.45) is 0 Å². The van der Waals surface area contributed by atoms with Gasteiger partial charge in [0.25, 0.3) is 5.91 Å². The maximum atomic E-state index is 12.5. The highest BCUT2D eigenvalue weighted by atomic mass is 35.5. The Morgan fingerprint density at radius 3 is 2.52 bits per heavy atom. The number of aromatic nitrogens is 1. The number of rotatable bonds is 4. The van der Waals surface area contributed by atoms with Crippen LogP contribution in [0.4, 0.5) is 0 Å². The molecule has 2 heterocycles. The molecule has 23 heavy (non-hydrogen) atoms. The molecule has 0 unspecified atom stereocenters. The van der Waals surface area contributed by atoms with Crippen LogP contribution in [0.5, 0.6) is 0 Å². The van der Waals surface area contributed by atoms with Gasteiger partial charge in [-0.2, -0.15) is 0 Å². The van der Waals surface area contributed by atoms with Gasteiger partial charge in [-0.1, -0.05) is 17.7 Å². The molecule has 5 heteroatoms. The van der Waals surface area contributed by atoms with E-state index in [-0.39, 0.29) is 5.91 Å². The highest BCUT2D eigenvalue weighted by Crippen LogP contribution is 2.11. The minimum Gasteiger partial charge on any atom is -0.332 e. The molecule has 1 aromatic carbocycles. The molecule has 0 aliphatic carbocycles. The number of amides is 1. The molecular formula is C18H21ClN3O+. The van der Waals surface area contributed by atoms with Crippen LogP contribution in [-0.2, 0) is 6.42 Å². The van der Waals surface area contributed by atoms with Gasteiger partial charge >= 0.3 is 0 Å². The summed E-state index contributed by atoms with van der Waals surface area (Å²) in [6, 6.07) is 13.2. The lowest BCUT2D eigenvalue weighted by molar-refractivity contribution is -0.903. The number of carbonyl (C=O) groups is 1. The van der Waals surface area contributed by atoms with Gasteiger partial charge in [-0.15, -0.1) is 0 Å². The normalized spacial score (nSPS) is 15.6. The fourth-order valence-corrected chi connectivity index (χ4v) is 3.03. The number of hydrogen-bond acceptors (Lipinski definition) is 2. The molecule has 1 fully saturated rings. The van der Waals surface area contributed by atoms with E-state index in [4.69, 9.17) is 11.6 Å². The first kappa shape index (κ1) is 16.0. The number of benzene rings is 1. The lowest BCUT2D eigenvalue weighted by atomic mass is 10.1. The Bertz CT molecular complexity index is 637. The summed E-state index contributed by atoms with van der Waals surface area (Å²) in [7, 11) is 0. The number of pyridine rings is 1. The molecule has 1 aromatic heterocycles. The summed E-state index contributed by atoms with van der Waals surface area (Å²) >= 11 is 5.87. The van der Waals surface area contributed by atoms with Crippen molar-refractivity contribution in [2.75, 3.05) is 32.7 Å². The van der Waals surface area contributed by atoms with Gasteiger partial charge in [0.15, 0.2) is 0 Å². The van der Waals surface area contributed by atoms with Crippen LogP contribution in [0.2, 0.25) is 5.02 Å². The third kappa shape index (κ3) is 4.30. The van der Waals surface area contributed by atoms with Gasteiger partial charge in [0.2, 0.25) is 0 Å². The molecule has 1 saturated heterocycles. The summed E-state index contributed by atoms with van der Waals surface area (Å²) in [4.78, 5) is 20.3. The van der Waals surface area contributed by atoms with Crippen molar-refractivity contribution in [3.63, 3.8) is 0 Å². The summed E-state index contributed by atoms with van der Waals surface area (Å²) in [6.07, 6.45) is 2.83. The summed E-state index contributed by atoms with van der Waals surface area (Å²) in [5.41, 5.74) is 1.85. The van der Waals surface area contributed by atoms with Crippen LogP contribution in [0.25, 0.3) is 0 Å². The average Bonchev–Trinajstić information content (AvgIpc) is 2.61. The van der Waals surface area contributed by atoms with E-state index in [1.165, 1.54) is 4.90 Å². The Morgan fingerprint density at radius 2 is 1.87 bits per heavy atom. The van der Waals surface area contributed by atoms with Crippen molar-refractivity contribution in [1.29, 1.82) is 0 Å². The van der Waals surface area contributed by atoms with E-state index in [1.54, 1.807) is 24.3 Å². The first-order chi connectivity index (χ1) is 11.2. The zero-order chi connectivity index (χ0) is 16.1. The second-order valence-electron chi connectivity index (χ2n) is 5.87. The van der Waals surface area contributed by atoms with E-state index in [1.807, 2.05) is 23.2 Å². The third-order valence-electron chi connectivity index (χ3n) is 4.31. The summed E-state index contributed by atoms with van der Waals surface area (Å²) in [5.74, 6) is 0.102. The lowest BCUT2D eigenvalue weighted by Gasteiger charge is -2.32. The molecule has 1 amide bonds. The number of quaternary nitrogens is 1. The quantitative estimate of drug-likeness (QED) is 0.918. The van der Waals surface area contributed by atoms with Gasteiger partial charge in [-0.25, -0.2) is 0 Å². The van der Waals surface area contributed by atoms with E-state index < -0.39 is 0 Å². The average molecular weight is 331 g/mol. The topological polar surface area (TPSA) is 37.6 Å². The maximum absolute atomic E-state index is 12.5. The minimum atomic E-state index is 0.102. The van der Waals surface area contributed by atoms with Crippen molar-refractivity contribution in [3.8, 4) is 0 Å². The van der Waals surface area contributed by atoms with Gasteiger partial charge < -0.3 is 9.80 Å². The molecule has 2 aromatic rings. The van der Waals surface area contributed by atoms with Gasteiger partial charge in [-0.3, -0.25) is 9.78 Å². The molecule has 1 N–H and O–H groups in total. The number of nitrogens with one attached hydrogen (secondary N) is 1. The molecule has 120 valence electrons. The van der Waals surface area contributed by atoms with Gasteiger partial charge in [-0.05, 0) is 36.4 Å². The van der Waals surface area contributed by atoms with Crippen molar-refractivity contribution in [2.45, 2.75) is 6.42 Å². The molecule has 3 rings (SSSR count). The molecule has 1 aliphatic heterocycles. The Labute approximate surface area is 141 Å². The molecule has 4 nitrogen and oxygen atoms in total. The van der Waals surface area contributed by atoms with E-state index in [0.717, 1.165) is 44.8 Å². The van der Waals surface area contributed by atoms with Crippen LogP contribution in [0.15, 0.2) is 48.7 Å². The SMILES string of the molecule is O=C(c1ccc(Cl)cc1)N1CC[NH+](CCc2ccccn2)CC1. The van der Waals surface area contributed by atoms with Gasteiger partial charge in [0.05, 0.1) is 32.7 Å². The van der Waals surface area contributed by atoms with Crippen molar-refractivity contribution < 1.29 is 9.69 Å². The molecule has 0 spiro atoms. The summed E-state index contributed by atoms with van der Waals surface area (Å²) < 4.78 is 0. The van der Waals surface area contributed by atoms with Crippen molar-refractivity contribution in [3.05, 3.63) is 64.9 Å². The molecule has 1 aliphatic rings. The van der Waals surface area contributed by atoms with E-state index in [2.05, 4.69) is 11.1 Å². The Hall–Kier alpha value is -1.91. The minimum absolute atomic E-state index is 0.102. The maximum Gasteiger partial charge on any atom is 0.254 e. The molecule has 0 saturated carbocycles. The number of carbonyl (C=O) groups excluding carboxylic acids is 1. The van der Waals surface area contributed by atoms with Crippen molar-refractivity contribution in [1.82, 2.24) is 9.88 Å². The highest BCUT2D eigenvalue weighted by molar-refractivity contribution is 6.30. The first-order valence-corrected chi connectivity index (χ1v) is 8.38. The number of nitrogens with zero attached hydrogens (tertiary/aromatic N) is 2. The third-order valence-corrected chi connectivity index (χ3v) is 4.56. The fourth-order valence-electron chi connectivity index (χ4n) is 2.90. The summed E-state index contributed by atoms with van der Waals surface area (Å²) in [6.45, 7) is 4.66. The van der Waals surface area contributed by atoms with E-state index >= 15 is 0 Å². The first-order valence-electron chi connectivity index (χ1n) is 8.01. The van der Waals surface area contributed by atoms with Crippen LogP contribution in [0.3, 0.4) is 0 Å². The van der Waals surface area contributed by atoms with Gasteiger partial charge in [0, 0.05) is 28.9 Å². The Kier molecular flexibility index (Phi) is 5.26. The fraction of sp³-hybridized carbons (Fsp3) is 0.333. The zero-order valence-electron chi connectivity index (χ0n) is 13.0. The standard InChI is InChI=1S/C18H20ClN3O/c19-16-6-4-15(5-7-16)18(23)22-13-11-21(12-14-22)10-8-17-3-1-2-9-20-17/h1-7,9H,8,10-14H2/p+1. The van der Waals surface area contributed by atoms with Crippen LogP contribution in [0, 0.1) is 0 Å². The van der Waals surface area contributed by atoms with E-state index in [9.17, 15) is 4.79 Å². The highest BCUT2D eigenvalue weighted by Gasteiger charge is 2.24. The van der Waals surface area contributed by atoms with Crippen LogP contribution in [-0.4, -0.2) is 48.5 Å². The second-order valence-corrected chi connectivity index (χ2v) is 6.31. The van der Waals surface area contributed by atoms with Crippen molar-refractivity contribution >= 4 is 17.5 Å². The number of piperazine rings is 1. The van der Waals surface area contributed by atoms with Crippen LogP contribution >= 0.6 is 11.6 Å². The van der Waals surface area contributed by atoms with Crippen LogP contribution < -0.4 is 4.90 Å². The molecular weight excluding hydrogens is 310 g/mol. The Morgan fingerprint density at radius 1 is 1.13 bits per heavy atom. The predicted octanol–water partition coefficient (Wildman–Crippen LogP) is 1.32.